The first-order valence-electron chi connectivity index (χ1n) is 10.4. The number of hydrogen-bond acceptors (Lipinski definition) is 8. The van der Waals surface area contributed by atoms with E-state index in [1.165, 1.54) is 7.11 Å². The number of benzene rings is 3. The molecule has 4 aromatic rings. The highest BCUT2D eigenvalue weighted by molar-refractivity contribution is 5.81. The summed E-state index contributed by atoms with van der Waals surface area (Å²) in [6.07, 6.45) is 1.59. The summed E-state index contributed by atoms with van der Waals surface area (Å²) in [7, 11) is 4.68. The molecule has 1 heterocycles. The van der Waals surface area contributed by atoms with Crippen molar-refractivity contribution in [1.82, 2.24) is 9.97 Å². The number of methoxy groups -OCH3 is 3. The van der Waals surface area contributed by atoms with E-state index in [-0.39, 0.29) is 5.75 Å². The first kappa shape index (κ1) is 22.6. The molecule has 0 spiro atoms. The number of phenols is 1. The lowest BCUT2D eigenvalue weighted by molar-refractivity contribution is 0.355. The van der Waals surface area contributed by atoms with E-state index in [0.29, 0.717) is 28.9 Å². The second-order valence-electron chi connectivity index (χ2n) is 7.20. The fourth-order valence-corrected chi connectivity index (χ4v) is 3.34. The molecule has 1 aromatic heterocycles. The van der Waals surface area contributed by atoms with E-state index < -0.39 is 0 Å². The molecule has 0 aliphatic heterocycles. The van der Waals surface area contributed by atoms with Gasteiger partial charge in [0.1, 0.15) is 0 Å². The second-order valence-corrected chi connectivity index (χ2v) is 7.20. The van der Waals surface area contributed by atoms with Crippen LogP contribution in [-0.4, -0.2) is 42.6 Å². The third-order valence-electron chi connectivity index (χ3n) is 5.06. The molecule has 0 amide bonds. The first-order valence-corrected chi connectivity index (χ1v) is 10.4. The zero-order valence-corrected chi connectivity index (χ0v) is 19.0. The van der Waals surface area contributed by atoms with Gasteiger partial charge in [-0.3, -0.25) is 0 Å². The summed E-state index contributed by atoms with van der Waals surface area (Å²) in [5.74, 6) is 1.99. The SMILES string of the molecule is COc1cc(/C=N/Nc2nc(-c3ccccc3)cc(-c3ccc(OC)c(OC)c3)n2)ccc1O. The molecular formula is C26H24N4O4. The van der Waals surface area contributed by atoms with Crippen LogP contribution >= 0.6 is 0 Å². The molecule has 0 radical (unpaired) electrons. The molecule has 3 aromatic carbocycles. The van der Waals surface area contributed by atoms with Gasteiger partial charge >= 0.3 is 0 Å². The Morgan fingerprint density at radius 3 is 2.15 bits per heavy atom. The van der Waals surface area contributed by atoms with Crippen molar-refractivity contribution < 1.29 is 19.3 Å². The van der Waals surface area contributed by atoms with Gasteiger partial charge in [0.15, 0.2) is 23.0 Å². The van der Waals surface area contributed by atoms with Crippen molar-refractivity contribution in [3.8, 4) is 45.5 Å². The number of nitrogens with zero attached hydrogens (tertiary/aromatic N) is 3. The quantitative estimate of drug-likeness (QED) is 0.285. The number of hydrogen-bond donors (Lipinski definition) is 2. The molecule has 0 saturated heterocycles. The van der Waals surface area contributed by atoms with Gasteiger partial charge in [-0.25, -0.2) is 15.4 Å². The van der Waals surface area contributed by atoms with Gasteiger partial charge < -0.3 is 19.3 Å². The number of hydrazone groups is 1. The Kier molecular flexibility index (Phi) is 6.88. The van der Waals surface area contributed by atoms with E-state index >= 15 is 0 Å². The minimum absolute atomic E-state index is 0.0612. The Balaban J connectivity index is 1.70. The van der Waals surface area contributed by atoms with Gasteiger partial charge in [-0.1, -0.05) is 30.3 Å². The molecular weight excluding hydrogens is 432 g/mol. The number of aromatic nitrogens is 2. The predicted octanol–water partition coefficient (Wildman–Crippen LogP) is 4.99. The topological polar surface area (TPSA) is 98.1 Å². The zero-order chi connectivity index (χ0) is 23.9. The van der Waals surface area contributed by atoms with E-state index in [2.05, 4.69) is 20.5 Å². The van der Waals surface area contributed by atoms with Gasteiger partial charge in [0, 0.05) is 11.1 Å². The smallest absolute Gasteiger partial charge is 0.244 e. The Hall–Kier alpha value is -4.59. The molecule has 0 fully saturated rings. The summed E-state index contributed by atoms with van der Waals surface area (Å²) in [4.78, 5) is 9.27. The van der Waals surface area contributed by atoms with Crippen molar-refractivity contribution in [3.63, 3.8) is 0 Å². The molecule has 34 heavy (non-hydrogen) atoms. The molecule has 0 atom stereocenters. The van der Waals surface area contributed by atoms with Crippen LogP contribution in [0, 0.1) is 0 Å². The summed E-state index contributed by atoms with van der Waals surface area (Å²) in [6, 6.07) is 22.3. The molecule has 8 heteroatoms. The third-order valence-corrected chi connectivity index (χ3v) is 5.06. The minimum Gasteiger partial charge on any atom is -0.504 e. The summed E-state index contributed by atoms with van der Waals surface area (Å²) in [5, 5.41) is 14.0. The predicted molar refractivity (Wildman–Crippen MR) is 132 cm³/mol. The van der Waals surface area contributed by atoms with Gasteiger partial charge in [0.25, 0.3) is 0 Å². The maximum absolute atomic E-state index is 9.76. The number of aromatic hydroxyl groups is 1. The highest BCUT2D eigenvalue weighted by Crippen LogP contribution is 2.33. The van der Waals surface area contributed by atoms with E-state index in [1.807, 2.05) is 54.6 Å². The number of ether oxygens (including phenoxy) is 3. The van der Waals surface area contributed by atoms with Crippen LogP contribution in [0.2, 0.25) is 0 Å². The molecule has 0 bridgehead atoms. The monoisotopic (exact) mass is 456 g/mol. The highest BCUT2D eigenvalue weighted by atomic mass is 16.5. The Morgan fingerprint density at radius 1 is 0.735 bits per heavy atom. The highest BCUT2D eigenvalue weighted by Gasteiger charge is 2.11. The number of nitrogens with one attached hydrogen (secondary N) is 1. The minimum atomic E-state index is 0.0612. The van der Waals surface area contributed by atoms with Crippen molar-refractivity contribution in [2.24, 2.45) is 5.10 Å². The number of rotatable bonds is 8. The Bertz CT molecular complexity index is 1310. The van der Waals surface area contributed by atoms with Gasteiger partial charge in [0.05, 0.1) is 38.9 Å². The molecule has 0 saturated carbocycles. The van der Waals surface area contributed by atoms with Crippen LogP contribution in [0.3, 0.4) is 0 Å². The molecule has 172 valence electrons. The summed E-state index contributed by atoms with van der Waals surface area (Å²) < 4.78 is 15.9. The van der Waals surface area contributed by atoms with E-state index in [4.69, 9.17) is 14.2 Å². The van der Waals surface area contributed by atoms with Crippen molar-refractivity contribution in [3.05, 3.63) is 78.4 Å². The first-order chi connectivity index (χ1) is 16.6. The average Bonchev–Trinajstić information content (AvgIpc) is 2.89. The van der Waals surface area contributed by atoms with E-state index in [9.17, 15) is 5.11 Å². The Labute approximate surface area is 197 Å². The third kappa shape index (κ3) is 5.07. The van der Waals surface area contributed by atoms with Crippen LogP contribution < -0.4 is 19.6 Å². The number of phenolic OH excluding ortho intramolecular Hbond substituents is 1. The fourth-order valence-electron chi connectivity index (χ4n) is 3.34. The molecule has 8 nitrogen and oxygen atoms in total. The van der Waals surface area contributed by atoms with Crippen LogP contribution in [0.25, 0.3) is 22.5 Å². The van der Waals surface area contributed by atoms with Crippen molar-refractivity contribution in [2.75, 3.05) is 26.8 Å². The van der Waals surface area contributed by atoms with Crippen molar-refractivity contribution >= 4 is 12.2 Å². The normalized spacial score (nSPS) is 10.8. The van der Waals surface area contributed by atoms with Gasteiger partial charge in [0.2, 0.25) is 5.95 Å². The molecule has 2 N–H and O–H groups in total. The number of anilines is 1. The Morgan fingerprint density at radius 2 is 1.44 bits per heavy atom. The summed E-state index contributed by atoms with van der Waals surface area (Å²) in [6.45, 7) is 0. The lowest BCUT2D eigenvalue weighted by Gasteiger charge is -2.11. The van der Waals surface area contributed by atoms with E-state index in [0.717, 1.165) is 22.4 Å². The fraction of sp³-hybridized carbons (Fsp3) is 0.115. The van der Waals surface area contributed by atoms with Crippen LogP contribution in [0.15, 0.2) is 77.9 Å². The second kappa shape index (κ2) is 10.4. The van der Waals surface area contributed by atoms with Crippen LogP contribution in [-0.2, 0) is 0 Å². The van der Waals surface area contributed by atoms with Crippen LogP contribution in [0.1, 0.15) is 5.56 Å². The average molecular weight is 457 g/mol. The van der Waals surface area contributed by atoms with Crippen molar-refractivity contribution in [2.45, 2.75) is 0 Å². The van der Waals surface area contributed by atoms with Gasteiger partial charge in [-0.15, -0.1) is 0 Å². The summed E-state index contributed by atoms with van der Waals surface area (Å²) in [5.41, 5.74) is 6.86. The van der Waals surface area contributed by atoms with E-state index in [1.54, 1.807) is 38.6 Å². The lowest BCUT2D eigenvalue weighted by Crippen LogP contribution is -2.01. The molecule has 0 aliphatic carbocycles. The molecule has 0 unspecified atom stereocenters. The largest absolute Gasteiger partial charge is 0.504 e. The standard InChI is InChI=1S/C26H24N4O4/c1-32-23-12-10-19(14-25(23)34-3)21-15-20(18-7-5-4-6-8-18)28-26(29-21)30-27-16-17-9-11-22(31)24(13-17)33-2/h4-16,31H,1-3H3,(H,28,29,30)/b27-16+. The maximum Gasteiger partial charge on any atom is 0.244 e. The zero-order valence-electron chi connectivity index (χ0n) is 19.0. The van der Waals surface area contributed by atoms with Crippen molar-refractivity contribution in [1.29, 1.82) is 0 Å². The van der Waals surface area contributed by atoms with Crippen LogP contribution in [0.5, 0.6) is 23.0 Å². The molecule has 4 rings (SSSR count). The van der Waals surface area contributed by atoms with Gasteiger partial charge in [-0.2, -0.15) is 5.10 Å². The van der Waals surface area contributed by atoms with Gasteiger partial charge in [-0.05, 0) is 48.0 Å². The molecule has 0 aliphatic rings. The lowest BCUT2D eigenvalue weighted by atomic mass is 10.1. The van der Waals surface area contributed by atoms with Crippen LogP contribution in [0.4, 0.5) is 5.95 Å². The summed E-state index contributed by atoms with van der Waals surface area (Å²) >= 11 is 0. The maximum atomic E-state index is 9.76.